The summed E-state index contributed by atoms with van der Waals surface area (Å²) in [7, 11) is -4.28. The number of anilines is 1. The van der Waals surface area contributed by atoms with Gasteiger partial charge in [-0.3, -0.25) is 9.59 Å². The minimum Gasteiger partial charge on any atom is -0.486 e. The van der Waals surface area contributed by atoms with E-state index in [0.29, 0.717) is 36.5 Å². The average Bonchev–Trinajstić information content (AvgIpc) is 2.77. The van der Waals surface area contributed by atoms with Crippen molar-refractivity contribution in [2.24, 2.45) is 0 Å². The van der Waals surface area contributed by atoms with Crippen molar-refractivity contribution in [3.8, 4) is 11.5 Å². The van der Waals surface area contributed by atoms with Crippen LogP contribution in [0.2, 0.25) is 0 Å². The van der Waals surface area contributed by atoms with Gasteiger partial charge in [0.25, 0.3) is 5.91 Å². The molecule has 13 heteroatoms. The zero-order valence-corrected chi connectivity index (χ0v) is 17.8. The van der Waals surface area contributed by atoms with Crippen LogP contribution in [0.5, 0.6) is 11.5 Å². The number of hydrogen-bond donors (Lipinski definition) is 2. The van der Waals surface area contributed by atoms with Crippen LogP contribution in [0.4, 0.5) is 18.9 Å². The van der Waals surface area contributed by atoms with Crippen molar-refractivity contribution in [3.05, 3.63) is 48.0 Å². The molecule has 2 aromatic carbocycles. The van der Waals surface area contributed by atoms with Crippen LogP contribution in [0, 0.1) is 0 Å². The van der Waals surface area contributed by atoms with Gasteiger partial charge in [-0.25, -0.2) is 13.1 Å². The van der Waals surface area contributed by atoms with E-state index in [4.69, 9.17) is 14.2 Å². The van der Waals surface area contributed by atoms with Crippen molar-refractivity contribution < 1.29 is 45.4 Å². The molecule has 1 aliphatic heterocycles. The first kappa shape index (κ1) is 24.3. The first-order valence-corrected chi connectivity index (χ1v) is 11.0. The summed E-state index contributed by atoms with van der Waals surface area (Å²) in [5.74, 6) is -0.508. The van der Waals surface area contributed by atoms with Gasteiger partial charge < -0.3 is 19.5 Å². The maximum atomic E-state index is 12.8. The molecule has 0 aliphatic carbocycles. The molecule has 0 radical (unpaired) electrons. The lowest BCUT2D eigenvalue weighted by Gasteiger charge is -2.19. The number of hydrogen-bond acceptors (Lipinski definition) is 7. The van der Waals surface area contributed by atoms with E-state index in [-0.39, 0.29) is 0 Å². The molecular formula is C20H19F3N2O7S. The molecule has 0 atom stereocenters. The fourth-order valence-corrected chi connectivity index (χ4v) is 3.82. The Morgan fingerprint density at radius 1 is 1.03 bits per heavy atom. The maximum Gasteiger partial charge on any atom is 0.416 e. The Morgan fingerprint density at radius 2 is 1.76 bits per heavy atom. The predicted molar refractivity (Wildman–Crippen MR) is 108 cm³/mol. The monoisotopic (exact) mass is 488 g/mol. The number of nitrogens with one attached hydrogen (secondary N) is 2. The summed E-state index contributed by atoms with van der Waals surface area (Å²) in [6.07, 6.45) is -5.13. The molecule has 0 spiro atoms. The molecule has 1 heterocycles. The Balaban J connectivity index is 1.43. The summed E-state index contributed by atoms with van der Waals surface area (Å²) in [5.41, 5.74) is -0.719. The second kappa shape index (κ2) is 10.1. The van der Waals surface area contributed by atoms with Gasteiger partial charge in [-0.05, 0) is 30.3 Å². The molecule has 0 bridgehead atoms. The molecule has 0 saturated heterocycles. The van der Waals surface area contributed by atoms with Gasteiger partial charge in [-0.15, -0.1) is 0 Å². The molecule has 9 nitrogen and oxygen atoms in total. The van der Waals surface area contributed by atoms with E-state index in [1.807, 2.05) is 4.72 Å². The minimum absolute atomic E-state index is 0.375. The van der Waals surface area contributed by atoms with E-state index >= 15 is 0 Å². The molecule has 0 aromatic heterocycles. The fraction of sp³-hybridized carbons (Fsp3) is 0.300. The van der Waals surface area contributed by atoms with Crippen LogP contribution in [-0.2, 0) is 30.5 Å². The van der Waals surface area contributed by atoms with E-state index in [1.165, 1.54) is 0 Å². The molecule has 0 saturated carbocycles. The molecule has 2 aromatic rings. The minimum atomic E-state index is -4.70. The molecule has 3 rings (SSSR count). The highest BCUT2D eigenvalue weighted by Crippen LogP contribution is 2.32. The predicted octanol–water partition coefficient (Wildman–Crippen LogP) is 2.33. The zero-order chi connectivity index (χ0) is 24.1. The molecule has 2 N–H and O–H groups in total. The number of esters is 1. The van der Waals surface area contributed by atoms with E-state index in [9.17, 15) is 31.2 Å². The molecule has 1 aliphatic rings. The lowest BCUT2D eigenvalue weighted by atomic mass is 10.2. The van der Waals surface area contributed by atoms with Gasteiger partial charge in [-0.1, -0.05) is 6.07 Å². The second-order valence-electron chi connectivity index (χ2n) is 6.74. The summed E-state index contributed by atoms with van der Waals surface area (Å²) in [5, 5.41) is 2.51. The third-order valence-corrected chi connectivity index (χ3v) is 5.74. The van der Waals surface area contributed by atoms with E-state index in [1.54, 1.807) is 18.2 Å². The van der Waals surface area contributed by atoms with Gasteiger partial charge in [-0.2, -0.15) is 13.2 Å². The summed E-state index contributed by atoms with van der Waals surface area (Å²) >= 11 is 0. The Labute approximate surface area is 186 Å². The summed E-state index contributed by atoms with van der Waals surface area (Å²) in [4.78, 5) is 23.1. The first-order chi connectivity index (χ1) is 15.5. The van der Waals surface area contributed by atoms with Gasteiger partial charge in [0.05, 0.1) is 16.9 Å². The molecular weight excluding hydrogens is 469 g/mol. The lowest BCUT2D eigenvalue weighted by molar-refractivity contribution is -0.147. The number of sulfonamides is 1. The van der Waals surface area contributed by atoms with Crippen molar-refractivity contribution in [1.82, 2.24) is 4.72 Å². The summed E-state index contributed by atoms with van der Waals surface area (Å²) in [6, 6.07) is 7.94. The summed E-state index contributed by atoms with van der Waals surface area (Å²) in [6.45, 7) is -0.251. The number of fused-ring (bicyclic) bond motifs is 1. The van der Waals surface area contributed by atoms with Crippen molar-refractivity contribution in [3.63, 3.8) is 0 Å². The largest absolute Gasteiger partial charge is 0.486 e. The average molecular weight is 488 g/mol. The molecule has 0 fully saturated rings. The Bertz CT molecular complexity index is 1140. The van der Waals surface area contributed by atoms with Crippen LogP contribution >= 0.6 is 0 Å². The Morgan fingerprint density at radius 3 is 2.48 bits per heavy atom. The van der Waals surface area contributed by atoms with Crippen LogP contribution in [0.1, 0.15) is 12.0 Å². The highest BCUT2D eigenvalue weighted by atomic mass is 32.2. The number of alkyl halides is 3. The van der Waals surface area contributed by atoms with Crippen LogP contribution in [0.25, 0.3) is 0 Å². The molecule has 0 unspecified atom stereocenters. The van der Waals surface area contributed by atoms with Gasteiger partial charge in [0.15, 0.2) is 18.1 Å². The van der Waals surface area contributed by atoms with Gasteiger partial charge in [0, 0.05) is 18.3 Å². The number of amides is 1. The van der Waals surface area contributed by atoms with Crippen molar-refractivity contribution in [2.75, 3.05) is 31.7 Å². The Hall–Kier alpha value is -3.32. The summed E-state index contributed by atoms with van der Waals surface area (Å²) < 4.78 is 80.1. The molecule has 33 heavy (non-hydrogen) atoms. The van der Waals surface area contributed by atoms with Gasteiger partial charge in [0.2, 0.25) is 10.0 Å². The third kappa shape index (κ3) is 6.83. The number of benzene rings is 2. The number of ether oxygens (including phenoxy) is 3. The number of rotatable bonds is 8. The number of carbonyl (C=O) groups excluding carboxylic acids is 2. The molecule has 178 valence electrons. The second-order valence-corrected chi connectivity index (χ2v) is 8.51. The van der Waals surface area contributed by atoms with Crippen molar-refractivity contribution in [1.29, 1.82) is 0 Å². The Kier molecular flexibility index (Phi) is 7.43. The number of halogens is 3. The quantitative estimate of drug-likeness (QED) is 0.548. The van der Waals surface area contributed by atoms with Crippen molar-refractivity contribution >= 4 is 27.6 Å². The fourth-order valence-electron chi connectivity index (χ4n) is 2.75. The van der Waals surface area contributed by atoms with Crippen LogP contribution in [-0.4, -0.2) is 46.7 Å². The first-order valence-electron chi connectivity index (χ1n) is 9.57. The number of carbonyl (C=O) groups is 2. The molecule has 1 amide bonds. The maximum absolute atomic E-state index is 12.8. The third-order valence-electron chi connectivity index (χ3n) is 4.28. The van der Waals surface area contributed by atoms with Gasteiger partial charge in [0.1, 0.15) is 13.2 Å². The van der Waals surface area contributed by atoms with Gasteiger partial charge >= 0.3 is 12.1 Å². The smallest absolute Gasteiger partial charge is 0.416 e. The standard InChI is InChI=1S/C20H19F3N2O7S/c21-20(22,23)13-2-1-3-15(10-13)33(28,29)24-7-6-19(27)32-12-18(26)25-14-4-5-16-17(11-14)31-9-8-30-16/h1-5,10-11,24H,6-9,12H2,(H,25,26). The van der Waals surface area contributed by atoms with Crippen LogP contribution in [0.3, 0.4) is 0 Å². The van der Waals surface area contributed by atoms with E-state index in [2.05, 4.69) is 5.32 Å². The van der Waals surface area contributed by atoms with Crippen LogP contribution < -0.4 is 19.5 Å². The van der Waals surface area contributed by atoms with Crippen molar-refractivity contribution in [2.45, 2.75) is 17.5 Å². The normalized spacial score (nSPS) is 13.3. The lowest BCUT2D eigenvalue weighted by Crippen LogP contribution is -2.28. The van der Waals surface area contributed by atoms with Crippen LogP contribution in [0.15, 0.2) is 47.4 Å². The highest BCUT2D eigenvalue weighted by Gasteiger charge is 2.31. The van der Waals surface area contributed by atoms with E-state index < -0.39 is 58.1 Å². The zero-order valence-electron chi connectivity index (χ0n) is 17.0. The van der Waals surface area contributed by atoms with E-state index in [0.717, 1.165) is 18.2 Å². The highest BCUT2D eigenvalue weighted by molar-refractivity contribution is 7.89. The SMILES string of the molecule is O=C(COC(=O)CCNS(=O)(=O)c1cccc(C(F)(F)F)c1)Nc1ccc2c(c1)OCCO2. The topological polar surface area (TPSA) is 120 Å².